The van der Waals surface area contributed by atoms with E-state index in [1.54, 1.807) is 10.6 Å². The number of benzene rings is 1. The first-order chi connectivity index (χ1) is 11.1. The predicted octanol–water partition coefficient (Wildman–Crippen LogP) is 1.46. The van der Waals surface area contributed by atoms with Crippen molar-refractivity contribution >= 4 is 16.9 Å². The summed E-state index contributed by atoms with van der Waals surface area (Å²) < 4.78 is 11.9. The largest absolute Gasteiger partial charge is 0.493 e. The molecule has 2 aromatic rings. The lowest BCUT2D eigenvalue weighted by molar-refractivity contribution is -0.139. The maximum atomic E-state index is 12.5. The minimum atomic E-state index is -0.425. The van der Waals surface area contributed by atoms with E-state index in [9.17, 15) is 9.59 Å². The SMILES string of the molecule is CCn1c(=O)c(CC(=O)OC)cc2ccc(OCCCN)cc21. The second-order valence-electron chi connectivity index (χ2n) is 5.18. The topological polar surface area (TPSA) is 83.5 Å². The lowest BCUT2D eigenvalue weighted by atomic mass is 10.1. The first kappa shape index (κ1) is 17.0. The van der Waals surface area contributed by atoms with Crippen molar-refractivity contribution < 1.29 is 14.3 Å². The molecule has 0 atom stereocenters. The number of nitrogens with two attached hydrogens (primary N) is 1. The third kappa shape index (κ3) is 3.90. The Hall–Kier alpha value is -2.34. The average molecular weight is 318 g/mol. The maximum absolute atomic E-state index is 12.5. The van der Waals surface area contributed by atoms with Gasteiger partial charge in [-0.25, -0.2) is 0 Å². The zero-order chi connectivity index (χ0) is 16.8. The number of rotatable bonds is 7. The predicted molar refractivity (Wildman–Crippen MR) is 88.8 cm³/mol. The van der Waals surface area contributed by atoms with Crippen molar-refractivity contribution in [1.29, 1.82) is 0 Å². The summed E-state index contributed by atoms with van der Waals surface area (Å²) in [7, 11) is 1.31. The Balaban J connectivity index is 2.45. The van der Waals surface area contributed by atoms with E-state index in [-0.39, 0.29) is 12.0 Å². The van der Waals surface area contributed by atoms with Crippen molar-refractivity contribution in [3.05, 3.63) is 40.2 Å². The zero-order valence-corrected chi connectivity index (χ0v) is 13.5. The maximum Gasteiger partial charge on any atom is 0.310 e. The highest BCUT2D eigenvalue weighted by molar-refractivity contribution is 5.82. The van der Waals surface area contributed by atoms with Crippen molar-refractivity contribution in [3.8, 4) is 5.75 Å². The highest BCUT2D eigenvalue weighted by atomic mass is 16.5. The van der Waals surface area contributed by atoms with E-state index in [4.69, 9.17) is 10.5 Å². The molecule has 1 aromatic carbocycles. The Kier molecular flexibility index (Phi) is 5.76. The van der Waals surface area contributed by atoms with Gasteiger partial charge in [0, 0.05) is 18.2 Å². The molecule has 2 N–H and O–H groups in total. The summed E-state index contributed by atoms with van der Waals surface area (Å²) in [6.07, 6.45) is 0.747. The monoisotopic (exact) mass is 318 g/mol. The molecule has 0 spiro atoms. The Bertz CT molecular complexity index is 752. The van der Waals surface area contributed by atoms with E-state index in [0.717, 1.165) is 17.3 Å². The number of pyridine rings is 1. The van der Waals surface area contributed by atoms with E-state index in [0.29, 0.717) is 31.0 Å². The van der Waals surface area contributed by atoms with Gasteiger partial charge in [-0.3, -0.25) is 9.59 Å². The number of hydrogen-bond donors (Lipinski definition) is 1. The van der Waals surface area contributed by atoms with Crippen LogP contribution in [-0.4, -0.2) is 30.8 Å². The van der Waals surface area contributed by atoms with E-state index in [1.807, 2.05) is 25.1 Å². The molecule has 0 amide bonds. The van der Waals surface area contributed by atoms with Crippen LogP contribution in [0, 0.1) is 0 Å². The van der Waals surface area contributed by atoms with E-state index >= 15 is 0 Å². The Morgan fingerprint density at radius 2 is 2.09 bits per heavy atom. The number of esters is 1. The number of nitrogens with zero attached hydrogens (tertiary/aromatic N) is 1. The Morgan fingerprint density at radius 3 is 2.74 bits per heavy atom. The van der Waals surface area contributed by atoms with Crippen LogP contribution in [0.15, 0.2) is 29.1 Å². The quantitative estimate of drug-likeness (QED) is 0.617. The van der Waals surface area contributed by atoms with Crippen molar-refractivity contribution in [2.24, 2.45) is 5.73 Å². The first-order valence-corrected chi connectivity index (χ1v) is 7.66. The lowest BCUT2D eigenvalue weighted by Crippen LogP contribution is -2.25. The van der Waals surface area contributed by atoms with Crippen LogP contribution >= 0.6 is 0 Å². The molecule has 0 aliphatic carbocycles. The zero-order valence-electron chi connectivity index (χ0n) is 13.5. The number of fused-ring (bicyclic) bond motifs is 1. The van der Waals surface area contributed by atoms with Crippen LogP contribution in [0.4, 0.5) is 0 Å². The Labute approximate surface area is 134 Å². The summed E-state index contributed by atoms with van der Waals surface area (Å²) in [5.41, 5.74) is 6.50. The lowest BCUT2D eigenvalue weighted by Gasteiger charge is -2.13. The van der Waals surface area contributed by atoms with Gasteiger partial charge in [0.25, 0.3) is 5.56 Å². The van der Waals surface area contributed by atoms with Gasteiger partial charge in [0.1, 0.15) is 5.75 Å². The van der Waals surface area contributed by atoms with Crippen molar-refractivity contribution in [2.75, 3.05) is 20.3 Å². The summed E-state index contributed by atoms with van der Waals surface area (Å²) in [6.45, 7) is 3.52. The molecule has 6 heteroatoms. The number of methoxy groups -OCH3 is 1. The molecule has 0 fully saturated rings. The van der Waals surface area contributed by atoms with Crippen molar-refractivity contribution in [1.82, 2.24) is 4.57 Å². The summed E-state index contributed by atoms with van der Waals surface area (Å²) in [5.74, 6) is 0.277. The molecule has 124 valence electrons. The number of carbonyl (C=O) groups is 1. The third-order valence-corrected chi connectivity index (χ3v) is 3.64. The van der Waals surface area contributed by atoms with Gasteiger partial charge in [-0.2, -0.15) is 0 Å². The van der Waals surface area contributed by atoms with Gasteiger partial charge in [0.05, 0.1) is 25.7 Å². The molecular formula is C17H22N2O4. The fraction of sp³-hybridized carbons (Fsp3) is 0.412. The van der Waals surface area contributed by atoms with Crippen LogP contribution in [0.25, 0.3) is 10.9 Å². The van der Waals surface area contributed by atoms with Crippen LogP contribution in [0.1, 0.15) is 18.9 Å². The van der Waals surface area contributed by atoms with Gasteiger partial charge in [0.15, 0.2) is 0 Å². The summed E-state index contributed by atoms with van der Waals surface area (Å²) in [4.78, 5) is 24.0. The number of hydrogen-bond acceptors (Lipinski definition) is 5. The van der Waals surface area contributed by atoms with Gasteiger partial charge in [-0.15, -0.1) is 0 Å². The fourth-order valence-electron chi connectivity index (χ4n) is 2.44. The molecule has 1 aromatic heterocycles. The molecule has 0 saturated carbocycles. The first-order valence-electron chi connectivity index (χ1n) is 7.66. The average Bonchev–Trinajstić information content (AvgIpc) is 2.56. The normalized spacial score (nSPS) is 10.7. The van der Waals surface area contributed by atoms with E-state index in [1.165, 1.54) is 7.11 Å². The minimum absolute atomic E-state index is 0.0278. The molecule has 0 aliphatic heterocycles. The third-order valence-electron chi connectivity index (χ3n) is 3.64. The number of carbonyl (C=O) groups excluding carboxylic acids is 1. The second kappa shape index (κ2) is 7.78. The van der Waals surface area contributed by atoms with Crippen LogP contribution in [0.5, 0.6) is 5.75 Å². The van der Waals surface area contributed by atoms with E-state index < -0.39 is 5.97 Å². The molecule has 0 radical (unpaired) electrons. The van der Waals surface area contributed by atoms with Gasteiger partial charge >= 0.3 is 5.97 Å². The van der Waals surface area contributed by atoms with Crippen LogP contribution in [0.2, 0.25) is 0 Å². The summed E-state index contributed by atoms with van der Waals surface area (Å²) in [5, 5.41) is 0.886. The summed E-state index contributed by atoms with van der Waals surface area (Å²) in [6, 6.07) is 7.33. The number of aromatic nitrogens is 1. The van der Waals surface area contributed by atoms with Crippen molar-refractivity contribution in [3.63, 3.8) is 0 Å². The van der Waals surface area contributed by atoms with Gasteiger partial charge < -0.3 is 19.8 Å². The molecule has 1 heterocycles. The molecular weight excluding hydrogens is 296 g/mol. The van der Waals surface area contributed by atoms with Gasteiger partial charge in [0.2, 0.25) is 0 Å². The van der Waals surface area contributed by atoms with Gasteiger partial charge in [-0.05, 0) is 43.5 Å². The molecule has 0 bridgehead atoms. The highest BCUT2D eigenvalue weighted by Crippen LogP contribution is 2.21. The standard InChI is InChI=1S/C17H22N2O4/c1-3-19-15-11-14(23-8-4-7-18)6-5-12(15)9-13(17(19)21)10-16(20)22-2/h5-6,9,11H,3-4,7-8,10,18H2,1-2H3. The minimum Gasteiger partial charge on any atom is -0.493 e. The fourth-order valence-corrected chi connectivity index (χ4v) is 2.44. The van der Waals surface area contributed by atoms with Crippen LogP contribution in [0.3, 0.4) is 0 Å². The molecule has 0 aliphatic rings. The van der Waals surface area contributed by atoms with E-state index in [2.05, 4.69) is 4.74 Å². The smallest absolute Gasteiger partial charge is 0.310 e. The van der Waals surface area contributed by atoms with Crippen LogP contribution in [-0.2, 0) is 22.5 Å². The molecule has 6 nitrogen and oxygen atoms in total. The second-order valence-corrected chi connectivity index (χ2v) is 5.18. The molecule has 0 saturated heterocycles. The number of ether oxygens (including phenoxy) is 2. The Morgan fingerprint density at radius 1 is 1.30 bits per heavy atom. The molecule has 0 unspecified atom stereocenters. The van der Waals surface area contributed by atoms with Gasteiger partial charge in [-0.1, -0.05) is 0 Å². The molecule has 2 rings (SSSR count). The van der Waals surface area contributed by atoms with Crippen LogP contribution < -0.4 is 16.0 Å². The van der Waals surface area contributed by atoms with Crippen molar-refractivity contribution in [2.45, 2.75) is 26.3 Å². The highest BCUT2D eigenvalue weighted by Gasteiger charge is 2.12. The number of aryl methyl sites for hydroxylation is 1. The summed E-state index contributed by atoms with van der Waals surface area (Å²) >= 11 is 0. The molecule has 23 heavy (non-hydrogen) atoms.